The average Bonchev–Trinajstić information content (AvgIpc) is 2.78. The zero-order chi connectivity index (χ0) is 16.5. The summed E-state index contributed by atoms with van der Waals surface area (Å²) in [5.41, 5.74) is 0. The van der Waals surface area contributed by atoms with E-state index >= 15 is 0 Å². The average molecular weight is 329 g/mol. The fourth-order valence-electron chi connectivity index (χ4n) is 1.58. The summed E-state index contributed by atoms with van der Waals surface area (Å²) in [6.45, 7) is 3.90. The Morgan fingerprint density at radius 2 is 2.09 bits per heavy atom. The highest BCUT2D eigenvalue weighted by Crippen LogP contribution is 2.28. The maximum atomic E-state index is 11.8. The number of thioether (sulfide) groups is 1. The fourth-order valence-corrected chi connectivity index (χ4v) is 2.51. The molecule has 22 heavy (non-hydrogen) atoms. The maximum Gasteiger partial charge on any atom is 0.333 e. The number of nitrogens with zero attached hydrogens (tertiary/aromatic N) is 1. The first-order valence-corrected chi connectivity index (χ1v) is 7.85. The summed E-state index contributed by atoms with van der Waals surface area (Å²) in [4.78, 5) is 47.5. The molecule has 9 heteroatoms. The SMILES string of the molecule is CCCNC(=O)NC(=O)CN1C(=O)CS/C1=C\C(=O)OCC. The quantitative estimate of drug-likeness (QED) is 0.533. The summed E-state index contributed by atoms with van der Waals surface area (Å²) in [7, 11) is 0. The Morgan fingerprint density at radius 1 is 1.36 bits per heavy atom. The van der Waals surface area contributed by atoms with Crippen LogP contribution in [0.1, 0.15) is 20.3 Å². The summed E-state index contributed by atoms with van der Waals surface area (Å²) >= 11 is 1.14. The minimum absolute atomic E-state index is 0.139. The van der Waals surface area contributed by atoms with E-state index in [9.17, 15) is 19.2 Å². The summed E-state index contributed by atoms with van der Waals surface area (Å²) in [5.74, 6) is -1.37. The molecule has 1 heterocycles. The van der Waals surface area contributed by atoms with Crippen LogP contribution in [0, 0.1) is 0 Å². The van der Waals surface area contributed by atoms with E-state index in [1.54, 1.807) is 6.92 Å². The number of carbonyl (C=O) groups excluding carboxylic acids is 4. The molecule has 0 aromatic rings. The normalized spacial score (nSPS) is 15.8. The monoisotopic (exact) mass is 329 g/mol. The van der Waals surface area contributed by atoms with Crippen molar-refractivity contribution in [1.82, 2.24) is 15.5 Å². The molecule has 0 aromatic carbocycles. The molecule has 1 aliphatic rings. The molecule has 0 spiro atoms. The van der Waals surface area contributed by atoms with Crippen molar-refractivity contribution in [1.29, 1.82) is 0 Å². The number of esters is 1. The predicted octanol–water partition coefficient (Wildman–Crippen LogP) is 0.202. The first-order chi connectivity index (χ1) is 10.5. The molecule has 8 nitrogen and oxygen atoms in total. The van der Waals surface area contributed by atoms with Crippen LogP contribution in [-0.4, -0.2) is 54.2 Å². The molecule has 0 saturated carbocycles. The molecule has 0 aromatic heterocycles. The standard InChI is InChI=1S/C13H19N3O5S/c1-3-5-14-13(20)15-9(17)7-16-10(18)8-22-11(16)6-12(19)21-4-2/h6H,3-5,7-8H2,1-2H3,(H2,14,15,17,20)/b11-6-. The van der Waals surface area contributed by atoms with Gasteiger partial charge in [-0.3, -0.25) is 19.8 Å². The van der Waals surface area contributed by atoms with Crippen LogP contribution in [0.4, 0.5) is 4.79 Å². The van der Waals surface area contributed by atoms with Crippen LogP contribution in [0.3, 0.4) is 0 Å². The lowest BCUT2D eigenvalue weighted by Gasteiger charge is -2.16. The van der Waals surface area contributed by atoms with Gasteiger partial charge in [-0.05, 0) is 13.3 Å². The zero-order valence-corrected chi connectivity index (χ0v) is 13.3. The highest BCUT2D eigenvalue weighted by Gasteiger charge is 2.29. The van der Waals surface area contributed by atoms with Crippen molar-refractivity contribution in [3.05, 3.63) is 11.1 Å². The van der Waals surface area contributed by atoms with Gasteiger partial charge in [0.2, 0.25) is 11.8 Å². The molecule has 0 aliphatic carbocycles. The van der Waals surface area contributed by atoms with Gasteiger partial charge >= 0.3 is 12.0 Å². The topological polar surface area (TPSA) is 105 Å². The van der Waals surface area contributed by atoms with Crippen LogP contribution in [0.25, 0.3) is 0 Å². The van der Waals surface area contributed by atoms with E-state index in [0.717, 1.165) is 23.1 Å². The number of ether oxygens (including phenoxy) is 1. The Bertz CT molecular complexity index is 492. The first kappa shape index (κ1) is 18.0. The van der Waals surface area contributed by atoms with Crippen LogP contribution in [0.15, 0.2) is 11.1 Å². The Morgan fingerprint density at radius 3 is 2.73 bits per heavy atom. The first-order valence-electron chi connectivity index (χ1n) is 6.87. The molecule has 1 fully saturated rings. The van der Waals surface area contributed by atoms with Gasteiger partial charge in [-0.25, -0.2) is 9.59 Å². The third kappa shape index (κ3) is 5.76. The van der Waals surface area contributed by atoms with E-state index in [1.165, 1.54) is 6.08 Å². The second kappa shape index (κ2) is 9.08. The highest BCUT2D eigenvalue weighted by molar-refractivity contribution is 8.04. The smallest absolute Gasteiger partial charge is 0.333 e. The minimum atomic E-state index is -0.626. The summed E-state index contributed by atoms with van der Waals surface area (Å²) in [6, 6.07) is -0.609. The van der Waals surface area contributed by atoms with Crippen molar-refractivity contribution in [2.24, 2.45) is 0 Å². The minimum Gasteiger partial charge on any atom is -0.463 e. The number of imide groups is 1. The number of hydrogen-bond acceptors (Lipinski definition) is 6. The molecule has 1 rings (SSSR count). The molecular formula is C13H19N3O5S. The van der Waals surface area contributed by atoms with Crippen LogP contribution in [0.2, 0.25) is 0 Å². The lowest BCUT2D eigenvalue weighted by atomic mass is 10.4. The predicted molar refractivity (Wildman–Crippen MR) is 80.7 cm³/mol. The van der Waals surface area contributed by atoms with Crippen molar-refractivity contribution >= 4 is 35.6 Å². The third-order valence-corrected chi connectivity index (χ3v) is 3.55. The number of carbonyl (C=O) groups is 4. The number of hydrogen-bond donors (Lipinski definition) is 2. The third-order valence-electron chi connectivity index (χ3n) is 2.53. The number of urea groups is 1. The van der Waals surface area contributed by atoms with Crippen LogP contribution >= 0.6 is 11.8 Å². The van der Waals surface area contributed by atoms with Crippen LogP contribution in [0.5, 0.6) is 0 Å². The second-order valence-corrected chi connectivity index (χ2v) is 5.30. The molecule has 4 amide bonds. The van der Waals surface area contributed by atoms with Crippen LogP contribution in [-0.2, 0) is 19.1 Å². The van der Waals surface area contributed by atoms with Crippen molar-refractivity contribution in [3.8, 4) is 0 Å². The van der Waals surface area contributed by atoms with Gasteiger partial charge in [-0.2, -0.15) is 0 Å². The van der Waals surface area contributed by atoms with E-state index in [0.29, 0.717) is 11.6 Å². The summed E-state index contributed by atoms with van der Waals surface area (Å²) in [6.07, 6.45) is 1.92. The molecule has 0 bridgehead atoms. The van der Waals surface area contributed by atoms with Gasteiger partial charge in [-0.1, -0.05) is 18.7 Å². The molecule has 0 atom stereocenters. The van der Waals surface area contributed by atoms with Gasteiger partial charge in [0.25, 0.3) is 0 Å². The summed E-state index contributed by atoms with van der Waals surface area (Å²) < 4.78 is 4.77. The van der Waals surface area contributed by atoms with Gasteiger partial charge in [-0.15, -0.1) is 0 Å². The lowest BCUT2D eigenvalue weighted by Crippen LogP contribution is -2.44. The van der Waals surface area contributed by atoms with Crippen molar-refractivity contribution in [3.63, 3.8) is 0 Å². The van der Waals surface area contributed by atoms with Crippen LogP contribution < -0.4 is 10.6 Å². The second-order valence-electron chi connectivity index (χ2n) is 4.31. The Hall–Kier alpha value is -2.03. The fraction of sp³-hybridized carbons (Fsp3) is 0.538. The van der Waals surface area contributed by atoms with E-state index < -0.39 is 17.9 Å². The Kier molecular flexibility index (Phi) is 7.44. The highest BCUT2D eigenvalue weighted by atomic mass is 32.2. The van der Waals surface area contributed by atoms with Gasteiger partial charge in [0, 0.05) is 6.54 Å². The molecule has 1 aliphatic heterocycles. The van der Waals surface area contributed by atoms with E-state index in [2.05, 4.69) is 10.6 Å². The number of nitrogens with one attached hydrogen (secondary N) is 2. The molecule has 122 valence electrons. The lowest BCUT2D eigenvalue weighted by molar-refractivity contribution is -0.137. The molecule has 0 unspecified atom stereocenters. The number of amides is 4. The van der Waals surface area contributed by atoms with Crippen molar-refractivity contribution < 1.29 is 23.9 Å². The van der Waals surface area contributed by atoms with Crippen molar-refractivity contribution in [2.45, 2.75) is 20.3 Å². The Labute approximate surface area is 132 Å². The van der Waals surface area contributed by atoms with Gasteiger partial charge in [0.15, 0.2) is 0 Å². The van der Waals surface area contributed by atoms with Crippen molar-refractivity contribution in [2.75, 3.05) is 25.4 Å². The number of rotatable bonds is 6. The maximum absolute atomic E-state index is 11.8. The summed E-state index contributed by atoms with van der Waals surface area (Å²) in [5, 5.41) is 4.96. The van der Waals surface area contributed by atoms with E-state index in [4.69, 9.17) is 4.74 Å². The zero-order valence-electron chi connectivity index (χ0n) is 12.5. The largest absolute Gasteiger partial charge is 0.463 e. The van der Waals surface area contributed by atoms with E-state index in [-0.39, 0.29) is 24.8 Å². The molecule has 0 radical (unpaired) electrons. The molecular weight excluding hydrogens is 310 g/mol. The van der Waals surface area contributed by atoms with E-state index in [1.807, 2.05) is 6.92 Å². The van der Waals surface area contributed by atoms with Gasteiger partial charge < -0.3 is 10.1 Å². The molecule has 1 saturated heterocycles. The van der Waals surface area contributed by atoms with Gasteiger partial charge in [0.1, 0.15) is 6.54 Å². The van der Waals surface area contributed by atoms with Gasteiger partial charge in [0.05, 0.1) is 23.5 Å². The Balaban J connectivity index is 2.60. The molecule has 2 N–H and O–H groups in total.